The molecule has 8 heteroatoms. The van der Waals surface area contributed by atoms with Crippen LogP contribution in [-0.4, -0.2) is 73.8 Å². The number of carbonyl (C=O) groups excluding carboxylic acids is 2. The quantitative estimate of drug-likeness (QED) is 0.435. The number of nitrogens with zero attached hydrogens (tertiary/aromatic N) is 2. The molecule has 3 aromatic rings. The van der Waals surface area contributed by atoms with Gasteiger partial charge in [-0.25, -0.2) is 0 Å². The number of carbonyl (C=O) groups is 2. The van der Waals surface area contributed by atoms with Gasteiger partial charge in [-0.3, -0.25) is 9.59 Å². The summed E-state index contributed by atoms with van der Waals surface area (Å²) in [7, 11) is 0. The highest BCUT2D eigenvalue weighted by Crippen LogP contribution is 2.37. The van der Waals surface area contributed by atoms with Gasteiger partial charge < -0.3 is 30.2 Å². The van der Waals surface area contributed by atoms with Crippen LogP contribution in [0.3, 0.4) is 0 Å². The Morgan fingerprint density at radius 1 is 0.765 bits per heavy atom. The number of benzene rings is 3. The number of piperazine rings is 1. The Bertz CT molecular complexity index is 1270. The minimum Gasteiger partial charge on any atom is -0.380 e. The Labute approximate surface area is 196 Å². The lowest BCUT2D eigenvalue weighted by Gasteiger charge is -2.36. The zero-order valence-corrected chi connectivity index (χ0v) is 18.5. The molecule has 3 aromatic carbocycles. The van der Waals surface area contributed by atoms with E-state index in [-0.39, 0.29) is 43.2 Å². The summed E-state index contributed by atoms with van der Waals surface area (Å²) in [5, 5.41) is 42.2. The highest BCUT2D eigenvalue weighted by atomic mass is 16.7. The molecule has 1 heterocycles. The maximum Gasteiger partial charge on any atom is 0.305 e. The van der Waals surface area contributed by atoms with E-state index in [4.69, 9.17) is 0 Å². The molecule has 0 atom stereocenters. The van der Waals surface area contributed by atoms with Crippen LogP contribution in [0.25, 0.3) is 21.9 Å². The van der Waals surface area contributed by atoms with E-state index < -0.39 is 17.5 Å². The molecule has 0 radical (unpaired) electrons. The van der Waals surface area contributed by atoms with Gasteiger partial charge in [-0.15, -0.1) is 0 Å². The first-order valence-corrected chi connectivity index (χ1v) is 11.3. The molecule has 0 aromatic heterocycles. The van der Waals surface area contributed by atoms with Gasteiger partial charge in [0.15, 0.2) is 0 Å². The first-order valence-electron chi connectivity index (χ1n) is 11.3. The standard InChI is InChI=1S/C26H26N2O6/c29-23(27-11-13-28(14-12-27)24(30)25(31)9-10-25)21-8-7-20(16-22(21)26(32,33)34)19-6-5-17-3-1-2-4-18(17)15-19/h1-8,15-16,31-34H,9-14H2. The van der Waals surface area contributed by atoms with Gasteiger partial charge in [0.05, 0.1) is 11.1 Å². The van der Waals surface area contributed by atoms with Crippen molar-refractivity contribution in [2.75, 3.05) is 26.2 Å². The molecule has 0 spiro atoms. The Morgan fingerprint density at radius 3 is 2.00 bits per heavy atom. The molecule has 0 unspecified atom stereocenters. The summed E-state index contributed by atoms with van der Waals surface area (Å²) in [4.78, 5) is 28.6. The molecule has 0 bridgehead atoms. The summed E-state index contributed by atoms with van der Waals surface area (Å²) in [6, 6.07) is 18.2. The molecule has 1 saturated carbocycles. The normalized spacial score (nSPS) is 17.6. The molecule has 1 aliphatic heterocycles. The Morgan fingerprint density at radius 2 is 1.35 bits per heavy atom. The molecule has 2 amide bonds. The maximum atomic E-state index is 13.2. The number of hydrogen-bond acceptors (Lipinski definition) is 6. The third-order valence-corrected chi connectivity index (χ3v) is 6.67. The van der Waals surface area contributed by atoms with Crippen molar-refractivity contribution in [1.82, 2.24) is 9.80 Å². The molecule has 2 fully saturated rings. The van der Waals surface area contributed by atoms with Crippen molar-refractivity contribution in [3.63, 3.8) is 0 Å². The van der Waals surface area contributed by atoms with Gasteiger partial charge in [-0.2, -0.15) is 0 Å². The number of amides is 2. The minimum absolute atomic E-state index is 0.0300. The van der Waals surface area contributed by atoms with Crippen LogP contribution >= 0.6 is 0 Å². The number of rotatable bonds is 4. The number of hydrogen-bond donors (Lipinski definition) is 4. The van der Waals surface area contributed by atoms with Crippen molar-refractivity contribution < 1.29 is 30.0 Å². The second kappa shape index (κ2) is 8.18. The molecular formula is C26H26N2O6. The lowest BCUT2D eigenvalue weighted by Crippen LogP contribution is -2.53. The summed E-state index contributed by atoms with van der Waals surface area (Å²) in [6.07, 6.45) is 0.924. The van der Waals surface area contributed by atoms with E-state index in [1.807, 2.05) is 42.5 Å². The van der Waals surface area contributed by atoms with Gasteiger partial charge in [0.2, 0.25) is 0 Å². The van der Waals surface area contributed by atoms with E-state index in [0.29, 0.717) is 18.4 Å². The number of fused-ring (bicyclic) bond motifs is 1. The fraction of sp³-hybridized carbons (Fsp3) is 0.308. The van der Waals surface area contributed by atoms with Crippen LogP contribution < -0.4 is 0 Å². The van der Waals surface area contributed by atoms with Crippen LogP contribution in [0.1, 0.15) is 28.8 Å². The molecule has 8 nitrogen and oxygen atoms in total. The SMILES string of the molecule is O=C(c1ccc(-c2ccc3ccccc3c2)cc1C(O)(O)O)N1CCN(C(=O)C2(O)CC2)CC1. The maximum absolute atomic E-state index is 13.2. The highest BCUT2D eigenvalue weighted by molar-refractivity contribution is 5.97. The van der Waals surface area contributed by atoms with E-state index in [0.717, 1.165) is 16.3 Å². The third-order valence-electron chi connectivity index (χ3n) is 6.67. The summed E-state index contributed by atoms with van der Waals surface area (Å²) in [6.45, 7) is 1.03. The molecule has 2 aliphatic rings. The predicted molar refractivity (Wildman–Crippen MR) is 124 cm³/mol. The average molecular weight is 463 g/mol. The van der Waals surface area contributed by atoms with Crippen molar-refractivity contribution in [1.29, 1.82) is 0 Å². The molecule has 1 aliphatic carbocycles. The van der Waals surface area contributed by atoms with Gasteiger partial charge in [0, 0.05) is 26.2 Å². The average Bonchev–Trinajstić information content (AvgIpc) is 3.60. The first kappa shape index (κ1) is 22.5. The van der Waals surface area contributed by atoms with Crippen molar-refractivity contribution in [3.8, 4) is 11.1 Å². The van der Waals surface area contributed by atoms with E-state index in [1.54, 1.807) is 11.0 Å². The molecule has 4 N–H and O–H groups in total. The predicted octanol–water partition coefficient (Wildman–Crippen LogP) is 1.40. The van der Waals surface area contributed by atoms with Crippen molar-refractivity contribution in [3.05, 3.63) is 71.8 Å². The van der Waals surface area contributed by atoms with Crippen molar-refractivity contribution in [2.24, 2.45) is 0 Å². The van der Waals surface area contributed by atoms with Crippen LogP contribution in [-0.2, 0) is 10.8 Å². The molecule has 176 valence electrons. The van der Waals surface area contributed by atoms with Gasteiger partial charge in [-0.1, -0.05) is 42.5 Å². The Hall–Kier alpha value is -3.30. The summed E-state index contributed by atoms with van der Waals surface area (Å²) < 4.78 is 0. The van der Waals surface area contributed by atoms with Crippen LogP contribution in [0.2, 0.25) is 0 Å². The molecule has 5 rings (SSSR count). The Kier molecular flexibility index (Phi) is 5.41. The van der Waals surface area contributed by atoms with Crippen LogP contribution in [0.5, 0.6) is 0 Å². The van der Waals surface area contributed by atoms with Crippen LogP contribution in [0, 0.1) is 0 Å². The van der Waals surface area contributed by atoms with Gasteiger partial charge in [0.1, 0.15) is 5.60 Å². The van der Waals surface area contributed by atoms with Crippen LogP contribution in [0.15, 0.2) is 60.7 Å². The largest absolute Gasteiger partial charge is 0.380 e. The molecule has 34 heavy (non-hydrogen) atoms. The third kappa shape index (κ3) is 4.17. The number of aliphatic hydroxyl groups is 4. The molecule has 1 saturated heterocycles. The smallest absolute Gasteiger partial charge is 0.305 e. The van der Waals surface area contributed by atoms with Crippen molar-refractivity contribution in [2.45, 2.75) is 24.4 Å². The zero-order chi connectivity index (χ0) is 24.1. The second-order valence-electron chi connectivity index (χ2n) is 9.07. The minimum atomic E-state index is -3.20. The fourth-order valence-electron chi connectivity index (χ4n) is 4.47. The van der Waals surface area contributed by atoms with E-state index in [1.165, 1.54) is 17.0 Å². The fourth-order valence-corrected chi connectivity index (χ4v) is 4.47. The highest BCUT2D eigenvalue weighted by Gasteiger charge is 2.50. The summed E-state index contributed by atoms with van der Waals surface area (Å²) >= 11 is 0. The monoisotopic (exact) mass is 462 g/mol. The van der Waals surface area contributed by atoms with Gasteiger partial charge in [0.25, 0.3) is 11.8 Å². The van der Waals surface area contributed by atoms with Crippen LogP contribution in [0.4, 0.5) is 0 Å². The summed E-state index contributed by atoms with van der Waals surface area (Å²) in [5.74, 6) is -3.98. The lowest BCUT2D eigenvalue weighted by atomic mass is 9.95. The summed E-state index contributed by atoms with van der Waals surface area (Å²) in [5.41, 5.74) is -0.172. The zero-order valence-electron chi connectivity index (χ0n) is 18.5. The Balaban J connectivity index is 1.40. The van der Waals surface area contributed by atoms with Gasteiger partial charge in [-0.05, 0) is 52.9 Å². The van der Waals surface area contributed by atoms with Crippen molar-refractivity contribution >= 4 is 22.6 Å². The topological polar surface area (TPSA) is 122 Å². The van der Waals surface area contributed by atoms with E-state index >= 15 is 0 Å². The first-order chi connectivity index (χ1) is 16.2. The van der Waals surface area contributed by atoms with Gasteiger partial charge >= 0.3 is 5.97 Å². The van der Waals surface area contributed by atoms with E-state index in [2.05, 4.69) is 0 Å². The lowest BCUT2D eigenvalue weighted by molar-refractivity contribution is -0.324. The van der Waals surface area contributed by atoms with E-state index in [9.17, 15) is 30.0 Å². The molecular weight excluding hydrogens is 436 g/mol. The second-order valence-corrected chi connectivity index (χ2v) is 9.07.